The van der Waals surface area contributed by atoms with Gasteiger partial charge in [-0.25, -0.2) is 0 Å². The van der Waals surface area contributed by atoms with Crippen LogP contribution >= 0.6 is 11.3 Å². The summed E-state index contributed by atoms with van der Waals surface area (Å²) in [4.78, 5) is 0.654. The lowest BCUT2D eigenvalue weighted by atomic mass is 9.92. The van der Waals surface area contributed by atoms with Crippen molar-refractivity contribution in [2.24, 2.45) is 0 Å². The van der Waals surface area contributed by atoms with Gasteiger partial charge in [0.05, 0.1) is 18.8 Å². The molecular weight excluding hydrogens is 385 g/mol. The summed E-state index contributed by atoms with van der Waals surface area (Å²) < 4.78 is 50.1. The van der Waals surface area contributed by atoms with Gasteiger partial charge in [-0.3, -0.25) is 0 Å². The number of alkyl halides is 3. The van der Waals surface area contributed by atoms with Gasteiger partial charge < -0.3 is 9.47 Å². The van der Waals surface area contributed by atoms with E-state index in [2.05, 4.69) is 0 Å². The molecule has 0 unspecified atom stereocenters. The van der Waals surface area contributed by atoms with Crippen LogP contribution in [-0.4, -0.2) is 6.61 Å². The molecule has 1 heterocycles. The van der Waals surface area contributed by atoms with Crippen molar-refractivity contribution in [3.8, 4) is 11.5 Å². The van der Waals surface area contributed by atoms with Gasteiger partial charge in [0.2, 0.25) is 0 Å². The number of para-hydroxylation sites is 1. The molecule has 0 radical (unpaired) electrons. The van der Waals surface area contributed by atoms with Crippen molar-refractivity contribution in [3.05, 3.63) is 82.0 Å². The van der Waals surface area contributed by atoms with E-state index in [-0.39, 0.29) is 0 Å². The zero-order chi connectivity index (χ0) is 20.2. The molecule has 0 aliphatic carbocycles. The number of halogens is 3. The van der Waals surface area contributed by atoms with E-state index in [0.717, 1.165) is 28.0 Å². The molecule has 3 rings (SSSR count). The van der Waals surface area contributed by atoms with Crippen LogP contribution in [-0.2, 0) is 22.9 Å². The van der Waals surface area contributed by atoms with Crippen LogP contribution in [0.3, 0.4) is 0 Å². The van der Waals surface area contributed by atoms with Gasteiger partial charge in [0.15, 0.2) is 0 Å². The number of ether oxygens (including phenoxy) is 2. The van der Waals surface area contributed by atoms with E-state index in [9.17, 15) is 13.2 Å². The predicted octanol–water partition coefficient (Wildman–Crippen LogP) is 7.05. The topological polar surface area (TPSA) is 18.5 Å². The first-order valence-electron chi connectivity index (χ1n) is 8.80. The molecule has 1 aromatic heterocycles. The van der Waals surface area contributed by atoms with Crippen LogP contribution < -0.4 is 4.74 Å². The third-order valence-corrected chi connectivity index (χ3v) is 5.50. The van der Waals surface area contributed by atoms with Gasteiger partial charge in [-0.2, -0.15) is 13.2 Å². The van der Waals surface area contributed by atoms with Crippen molar-refractivity contribution in [3.63, 3.8) is 0 Å². The zero-order valence-corrected chi connectivity index (χ0v) is 16.4. The highest BCUT2D eigenvalue weighted by Gasteiger charge is 2.34. The highest BCUT2D eigenvalue weighted by molar-refractivity contribution is 7.10. The van der Waals surface area contributed by atoms with Crippen LogP contribution in [0.2, 0.25) is 0 Å². The molecule has 148 valence electrons. The maximum absolute atomic E-state index is 12.8. The lowest BCUT2D eigenvalue weighted by molar-refractivity contribution is -0.137. The number of thiophene rings is 1. The van der Waals surface area contributed by atoms with Crippen LogP contribution in [0.15, 0.2) is 66.0 Å². The Morgan fingerprint density at radius 2 is 1.61 bits per heavy atom. The molecule has 28 heavy (non-hydrogen) atoms. The first kappa shape index (κ1) is 20.4. The second-order valence-corrected chi connectivity index (χ2v) is 8.05. The largest absolute Gasteiger partial charge is 0.457 e. The van der Waals surface area contributed by atoms with Gasteiger partial charge in [-0.1, -0.05) is 44.2 Å². The van der Waals surface area contributed by atoms with Crippen LogP contribution in [0.1, 0.15) is 29.9 Å². The summed E-state index contributed by atoms with van der Waals surface area (Å²) in [6, 6.07) is 18.3. The summed E-state index contributed by atoms with van der Waals surface area (Å²) in [7, 11) is 0. The molecule has 2 nitrogen and oxygen atoms in total. The van der Waals surface area contributed by atoms with E-state index >= 15 is 0 Å². The van der Waals surface area contributed by atoms with Gasteiger partial charge in [0.1, 0.15) is 11.5 Å². The number of benzene rings is 2. The normalized spacial score (nSPS) is 12.2. The number of hydrogen-bond donors (Lipinski definition) is 0. The van der Waals surface area contributed by atoms with E-state index in [1.54, 1.807) is 0 Å². The van der Waals surface area contributed by atoms with Gasteiger partial charge in [-0.15, -0.1) is 11.3 Å². The molecule has 6 heteroatoms. The Bertz CT molecular complexity index is 901. The SMILES string of the molecule is CC(C)(COCc1cccc(Oc2ccccc2)c1)c1cc(C(F)(F)F)cs1. The van der Waals surface area contributed by atoms with E-state index in [0.29, 0.717) is 23.8 Å². The zero-order valence-electron chi connectivity index (χ0n) is 15.6. The third kappa shape index (κ3) is 5.36. The summed E-state index contributed by atoms with van der Waals surface area (Å²) in [5, 5.41) is 1.15. The fourth-order valence-electron chi connectivity index (χ4n) is 2.66. The summed E-state index contributed by atoms with van der Waals surface area (Å²) in [5.41, 5.74) is -0.176. The molecule has 0 amide bonds. The summed E-state index contributed by atoms with van der Waals surface area (Å²) in [6.07, 6.45) is -4.31. The molecule has 0 atom stereocenters. The molecule has 2 aromatic carbocycles. The lowest BCUT2D eigenvalue weighted by Gasteiger charge is -2.23. The highest BCUT2D eigenvalue weighted by Crippen LogP contribution is 2.37. The minimum Gasteiger partial charge on any atom is -0.457 e. The average Bonchev–Trinajstić information content (AvgIpc) is 3.14. The predicted molar refractivity (Wildman–Crippen MR) is 105 cm³/mol. The van der Waals surface area contributed by atoms with E-state index in [1.807, 2.05) is 68.4 Å². The molecule has 3 aromatic rings. The smallest absolute Gasteiger partial charge is 0.417 e. The molecule has 0 N–H and O–H groups in total. The van der Waals surface area contributed by atoms with Crippen LogP contribution in [0, 0.1) is 0 Å². The third-order valence-electron chi connectivity index (χ3n) is 4.20. The summed E-state index contributed by atoms with van der Waals surface area (Å²) in [5.74, 6) is 1.46. The van der Waals surface area contributed by atoms with E-state index in [1.165, 1.54) is 6.07 Å². The molecule has 0 spiro atoms. The van der Waals surface area contributed by atoms with Gasteiger partial charge >= 0.3 is 6.18 Å². The molecule has 0 saturated heterocycles. The Kier molecular flexibility index (Phi) is 6.10. The minimum atomic E-state index is -4.31. The quantitative estimate of drug-likeness (QED) is 0.418. The van der Waals surface area contributed by atoms with Crippen molar-refractivity contribution in [2.45, 2.75) is 32.0 Å². The van der Waals surface area contributed by atoms with Crippen molar-refractivity contribution >= 4 is 11.3 Å². The number of hydrogen-bond acceptors (Lipinski definition) is 3. The molecular formula is C22H21F3O2S. The highest BCUT2D eigenvalue weighted by atomic mass is 32.1. The molecule has 0 fully saturated rings. The summed E-state index contributed by atoms with van der Waals surface area (Å²) in [6.45, 7) is 4.43. The summed E-state index contributed by atoms with van der Waals surface area (Å²) >= 11 is 1.11. The van der Waals surface area contributed by atoms with Crippen LogP contribution in [0.4, 0.5) is 13.2 Å². The average molecular weight is 406 g/mol. The van der Waals surface area contributed by atoms with Crippen molar-refractivity contribution in [1.82, 2.24) is 0 Å². The maximum Gasteiger partial charge on any atom is 0.417 e. The Balaban J connectivity index is 1.58. The minimum absolute atomic E-state index is 0.314. The van der Waals surface area contributed by atoms with Crippen LogP contribution in [0.25, 0.3) is 0 Å². The lowest BCUT2D eigenvalue weighted by Crippen LogP contribution is -2.23. The van der Waals surface area contributed by atoms with E-state index in [4.69, 9.17) is 9.47 Å². The van der Waals surface area contributed by atoms with E-state index < -0.39 is 17.2 Å². The first-order valence-corrected chi connectivity index (χ1v) is 9.68. The number of rotatable bonds is 7. The van der Waals surface area contributed by atoms with Crippen LogP contribution in [0.5, 0.6) is 11.5 Å². The van der Waals surface area contributed by atoms with Crippen molar-refractivity contribution in [2.75, 3.05) is 6.61 Å². The first-order chi connectivity index (χ1) is 13.2. The molecule has 0 aliphatic rings. The monoisotopic (exact) mass is 406 g/mol. The van der Waals surface area contributed by atoms with Crippen molar-refractivity contribution < 1.29 is 22.6 Å². The van der Waals surface area contributed by atoms with Crippen molar-refractivity contribution in [1.29, 1.82) is 0 Å². The Morgan fingerprint density at radius 1 is 0.893 bits per heavy atom. The molecule has 0 aliphatic heterocycles. The fraction of sp³-hybridized carbons (Fsp3) is 0.273. The van der Waals surface area contributed by atoms with Gasteiger partial charge in [0, 0.05) is 15.7 Å². The fourth-order valence-corrected chi connectivity index (χ4v) is 3.69. The Morgan fingerprint density at radius 3 is 2.29 bits per heavy atom. The van der Waals surface area contributed by atoms with Gasteiger partial charge in [0.25, 0.3) is 0 Å². The molecule has 0 bridgehead atoms. The molecule has 0 saturated carbocycles. The Hall–Kier alpha value is -2.31. The maximum atomic E-state index is 12.8. The second kappa shape index (κ2) is 8.37. The standard InChI is InChI=1S/C22H21F3O2S/c1-21(2,20-12-17(14-28-20)22(23,24)25)15-26-13-16-7-6-10-19(11-16)27-18-8-4-3-5-9-18/h3-12,14H,13,15H2,1-2H3. The Labute approximate surface area is 166 Å². The van der Waals surface area contributed by atoms with Gasteiger partial charge in [-0.05, 0) is 35.9 Å². The second-order valence-electron chi connectivity index (χ2n) is 7.14.